The Balaban J connectivity index is 1.30. The van der Waals surface area contributed by atoms with E-state index < -0.39 is 0 Å². The van der Waals surface area contributed by atoms with E-state index in [0.29, 0.717) is 16.6 Å². The fourth-order valence-electron chi connectivity index (χ4n) is 4.15. The highest BCUT2D eigenvalue weighted by molar-refractivity contribution is 7.99. The summed E-state index contributed by atoms with van der Waals surface area (Å²) in [5.41, 5.74) is 5.10. The number of hydrogen-bond acceptors (Lipinski definition) is 5. The summed E-state index contributed by atoms with van der Waals surface area (Å²) in [7, 11) is 0. The lowest BCUT2D eigenvalue weighted by Crippen LogP contribution is -2.14. The van der Waals surface area contributed by atoms with Gasteiger partial charge in [-0.1, -0.05) is 92.7 Å². The molecule has 0 fully saturated rings. The molecule has 202 valence electrons. The Bertz CT molecular complexity index is 1570. The predicted molar refractivity (Wildman–Crippen MR) is 163 cm³/mol. The maximum Gasteiger partial charge on any atom is 0.234 e. The number of carbonyl (C=O) groups excluding carboxylic acids is 1. The zero-order valence-electron chi connectivity index (χ0n) is 23.1. The molecule has 0 bridgehead atoms. The molecule has 0 aliphatic carbocycles. The van der Waals surface area contributed by atoms with Gasteiger partial charge < -0.3 is 10.1 Å². The maximum atomic E-state index is 12.8. The first kappa shape index (κ1) is 27.2. The summed E-state index contributed by atoms with van der Waals surface area (Å²) < 4.78 is 7.85. The number of rotatable bonds is 8. The third-order valence-corrected chi connectivity index (χ3v) is 7.31. The van der Waals surface area contributed by atoms with Gasteiger partial charge in [0.15, 0.2) is 11.0 Å². The highest BCUT2D eigenvalue weighted by Crippen LogP contribution is 2.30. The highest BCUT2D eigenvalue weighted by atomic mass is 32.2. The fraction of sp³-hybridized carbons (Fsp3) is 0.182. The average molecular weight is 549 g/mol. The van der Waals surface area contributed by atoms with E-state index in [0.717, 1.165) is 22.8 Å². The molecule has 4 aromatic carbocycles. The van der Waals surface area contributed by atoms with Crippen molar-refractivity contribution in [2.24, 2.45) is 0 Å². The Hall–Kier alpha value is -4.36. The fourth-order valence-corrected chi connectivity index (χ4v) is 4.91. The van der Waals surface area contributed by atoms with Crippen molar-refractivity contribution in [1.82, 2.24) is 14.8 Å². The molecule has 0 aliphatic heterocycles. The summed E-state index contributed by atoms with van der Waals surface area (Å²) in [5.74, 6) is 2.26. The van der Waals surface area contributed by atoms with Crippen molar-refractivity contribution in [3.05, 3.63) is 114 Å². The first-order valence-corrected chi connectivity index (χ1v) is 14.1. The van der Waals surface area contributed by atoms with Gasteiger partial charge in [-0.15, -0.1) is 10.2 Å². The Morgan fingerprint density at radius 1 is 0.825 bits per heavy atom. The number of amides is 1. The molecule has 1 N–H and O–H groups in total. The summed E-state index contributed by atoms with van der Waals surface area (Å²) in [4.78, 5) is 12.8. The summed E-state index contributed by atoms with van der Waals surface area (Å²) in [6.07, 6.45) is 0. The van der Waals surface area contributed by atoms with Crippen LogP contribution in [0.4, 0.5) is 5.69 Å². The van der Waals surface area contributed by atoms with Crippen LogP contribution in [0, 0.1) is 6.92 Å². The van der Waals surface area contributed by atoms with E-state index in [9.17, 15) is 4.79 Å². The second-order valence-electron chi connectivity index (χ2n) is 10.6. The van der Waals surface area contributed by atoms with Crippen LogP contribution in [0.5, 0.6) is 11.5 Å². The van der Waals surface area contributed by atoms with Gasteiger partial charge in [-0.05, 0) is 66.4 Å². The second kappa shape index (κ2) is 11.8. The largest absolute Gasteiger partial charge is 0.457 e. The number of thioether (sulfide) groups is 1. The lowest BCUT2D eigenvalue weighted by molar-refractivity contribution is -0.113. The summed E-state index contributed by atoms with van der Waals surface area (Å²) in [6, 6.07) is 33.6. The zero-order chi connectivity index (χ0) is 28.1. The van der Waals surface area contributed by atoms with E-state index in [1.165, 1.54) is 22.9 Å². The standard InChI is InChI=1S/C33H32N4O2S/c1-23-10-18-27(19-11-23)37-31(24-12-14-25(15-13-24)33(2,3)4)35-36-32(37)40-22-30(38)34-26-16-20-29(21-17-26)39-28-8-6-5-7-9-28/h5-21H,22H2,1-4H3,(H,34,38). The molecule has 0 saturated heterocycles. The molecule has 1 aromatic heterocycles. The van der Waals surface area contributed by atoms with Crippen molar-refractivity contribution in [2.45, 2.75) is 38.3 Å². The first-order valence-electron chi connectivity index (χ1n) is 13.2. The maximum absolute atomic E-state index is 12.8. The molecule has 6 nitrogen and oxygen atoms in total. The SMILES string of the molecule is Cc1ccc(-n2c(SCC(=O)Nc3ccc(Oc4ccccc4)cc3)nnc2-c2ccc(C(C)(C)C)cc2)cc1. The van der Waals surface area contributed by atoms with Gasteiger partial charge in [0.05, 0.1) is 5.75 Å². The summed E-state index contributed by atoms with van der Waals surface area (Å²) in [6.45, 7) is 8.65. The number of ether oxygens (including phenoxy) is 1. The number of aromatic nitrogens is 3. The summed E-state index contributed by atoms with van der Waals surface area (Å²) in [5, 5.41) is 12.6. The van der Waals surface area contributed by atoms with Crippen molar-refractivity contribution in [2.75, 3.05) is 11.1 Å². The molecule has 1 amide bonds. The van der Waals surface area contributed by atoms with Gasteiger partial charge in [0.1, 0.15) is 11.5 Å². The normalized spacial score (nSPS) is 11.3. The van der Waals surface area contributed by atoms with E-state index in [1.54, 1.807) is 0 Å². The predicted octanol–water partition coefficient (Wildman–Crippen LogP) is 8.06. The third kappa shape index (κ3) is 6.61. The molecular formula is C33H32N4O2S. The van der Waals surface area contributed by atoms with Crippen molar-refractivity contribution < 1.29 is 9.53 Å². The van der Waals surface area contributed by atoms with Crippen LogP contribution in [0.15, 0.2) is 108 Å². The lowest BCUT2D eigenvalue weighted by Gasteiger charge is -2.19. The number of carbonyl (C=O) groups is 1. The Kier molecular flexibility index (Phi) is 8.03. The van der Waals surface area contributed by atoms with Crippen LogP contribution in [0.3, 0.4) is 0 Å². The van der Waals surface area contributed by atoms with Crippen LogP contribution < -0.4 is 10.1 Å². The van der Waals surface area contributed by atoms with Crippen molar-refractivity contribution in [3.63, 3.8) is 0 Å². The van der Waals surface area contributed by atoms with E-state index in [-0.39, 0.29) is 17.1 Å². The number of nitrogens with zero attached hydrogens (tertiary/aromatic N) is 3. The van der Waals surface area contributed by atoms with Gasteiger partial charge in [0.25, 0.3) is 0 Å². The monoisotopic (exact) mass is 548 g/mol. The molecule has 40 heavy (non-hydrogen) atoms. The molecule has 0 saturated carbocycles. The topological polar surface area (TPSA) is 69.0 Å². The van der Waals surface area contributed by atoms with Crippen molar-refractivity contribution in [3.8, 4) is 28.6 Å². The Labute approximate surface area is 239 Å². The zero-order valence-corrected chi connectivity index (χ0v) is 23.9. The number of benzene rings is 4. The van der Waals surface area contributed by atoms with Gasteiger partial charge >= 0.3 is 0 Å². The van der Waals surface area contributed by atoms with Crippen molar-refractivity contribution in [1.29, 1.82) is 0 Å². The molecule has 0 aliphatic rings. The van der Waals surface area contributed by atoms with E-state index in [2.05, 4.69) is 91.7 Å². The van der Waals surface area contributed by atoms with Gasteiger partial charge in [-0.25, -0.2) is 0 Å². The number of para-hydroxylation sites is 1. The van der Waals surface area contributed by atoms with Crippen LogP contribution in [-0.4, -0.2) is 26.4 Å². The lowest BCUT2D eigenvalue weighted by atomic mass is 9.87. The molecular weight excluding hydrogens is 516 g/mol. The minimum Gasteiger partial charge on any atom is -0.457 e. The van der Waals surface area contributed by atoms with Crippen LogP contribution in [-0.2, 0) is 10.2 Å². The van der Waals surface area contributed by atoms with Crippen LogP contribution in [0.25, 0.3) is 17.1 Å². The molecule has 0 spiro atoms. The smallest absolute Gasteiger partial charge is 0.234 e. The van der Waals surface area contributed by atoms with Crippen LogP contribution >= 0.6 is 11.8 Å². The second-order valence-corrected chi connectivity index (χ2v) is 11.5. The van der Waals surface area contributed by atoms with E-state index in [1.807, 2.05) is 59.2 Å². The first-order chi connectivity index (χ1) is 19.3. The van der Waals surface area contributed by atoms with Gasteiger partial charge in [-0.3, -0.25) is 9.36 Å². The Morgan fingerprint density at radius 3 is 2.12 bits per heavy atom. The molecule has 0 atom stereocenters. The number of anilines is 1. The number of hydrogen-bond donors (Lipinski definition) is 1. The summed E-state index contributed by atoms with van der Waals surface area (Å²) >= 11 is 1.35. The van der Waals surface area contributed by atoms with E-state index >= 15 is 0 Å². The van der Waals surface area contributed by atoms with Gasteiger partial charge in [0.2, 0.25) is 5.91 Å². The molecule has 5 aromatic rings. The molecule has 7 heteroatoms. The number of nitrogens with one attached hydrogen (secondary N) is 1. The third-order valence-electron chi connectivity index (χ3n) is 6.38. The molecule has 0 unspecified atom stereocenters. The minimum atomic E-state index is -0.128. The number of aryl methyl sites for hydroxylation is 1. The quantitative estimate of drug-likeness (QED) is 0.199. The van der Waals surface area contributed by atoms with Gasteiger partial charge in [0, 0.05) is 16.9 Å². The molecule has 0 radical (unpaired) electrons. The molecule has 1 heterocycles. The highest BCUT2D eigenvalue weighted by Gasteiger charge is 2.19. The average Bonchev–Trinajstić information content (AvgIpc) is 3.37. The Morgan fingerprint density at radius 2 is 1.48 bits per heavy atom. The van der Waals surface area contributed by atoms with Crippen LogP contribution in [0.1, 0.15) is 31.9 Å². The van der Waals surface area contributed by atoms with Crippen LogP contribution in [0.2, 0.25) is 0 Å². The minimum absolute atomic E-state index is 0.0623. The van der Waals surface area contributed by atoms with Crippen molar-refractivity contribution >= 4 is 23.4 Å². The van der Waals surface area contributed by atoms with Gasteiger partial charge in [-0.2, -0.15) is 0 Å². The van der Waals surface area contributed by atoms with E-state index in [4.69, 9.17) is 4.74 Å². The molecule has 5 rings (SSSR count).